The summed E-state index contributed by atoms with van der Waals surface area (Å²) in [5, 5.41) is 8.91. The molecule has 0 atom stereocenters. The monoisotopic (exact) mass is 334 g/mol. The first-order valence-corrected chi connectivity index (χ1v) is 8.89. The van der Waals surface area contributed by atoms with Gasteiger partial charge < -0.3 is 16.6 Å². The van der Waals surface area contributed by atoms with Crippen molar-refractivity contribution >= 4 is 11.9 Å². The molecule has 0 aromatic carbocycles. The maximum atomic E-state index is 11.3. The molecule has 5 N–H and O–H groups in total. The van der Waals surface area contributed by atoms with Gasteiger partial charge in [-0.2, -0.15) is 0 Å². The minimum atomic E-state index is -0.494. The molecule has 6 nitrogen and oxygen atoms in total. The molecule has 0 saturated heterocycles. The Morgan fingerprint density at radius 2 is 1.88 bits per heavy atom. The van der Waals surface area contributed by atoms with E-state index in [9.17, 15) is 4.79 Å². The first-order valence-electron chi connectivity index (χ1n) is 8.89. The Balaban J connectivity index is 0.000000249. The van der Waals surface area contributed by atoms with E-state index in [1.165, 1.54) is 38.3 Å². The van der Waals surface area contributed by atoms with E-state index in [0.717, 1.165) is 12.8 Å². The number of aromatic nitrogens is 2. The van der Waals surface area contributed by atoms with Gasteiger partial charge in [-0.05, 0) is 43.4 Å². The van der Waals surface area contributed by atoms with Crippen molar-refractivity contribution in [3.05, 3.63) is 17.5 Å². The summed E-state index contributed by atoms with van der Waals surface area (Å²) in [6.07, 6.45) is 10.6. The van der Waals surface area contributed by atoms with Crippen LogP contribution in [0.1, 0.15) is 74.8 Å². The zero-order valence-corrected chi connectivity index (χ0v) is 14.8. The molecule has 3 rings (SSSR count). The molecule has 0 bridgehead atoms. The van der Waals surface area contributed by atoms with Crippen molar-refractivity contribution < 1.29 is 9.90 Å². The largest absolute Gasteiger partial charge is 0.393 e. The van der Waals surface area contributed by atoms with Crippen molar-refractivity contribution in [2.45, 2.75) is 71.3 Å². The molecule has 2 fully saturated rings. The molecular formula is C18H30N4O2. The Hall–Kier alpha value is -1.69. The number of nitrogens with zero attached hydrogens (tertiary/aromatic N) is 2. The fraction of sp³-hybridized carbons (Fsp3) is 0.722. The zero-order chi connectivity index (χ0) is 17.7. The van der Waals surface area contributed by atoms with Crippen molar-refractivity contribution in [2.24, 2.45) is 17.1 Å². The molecule has 0 aliphatic heterocycles. The molecule has 0 unspecified atom stereocenters. The summed E-state index contributed by atoms with van der Waals surface area (Å²) in [5.41, 5.74) is 12.1. The van der Waals surface area contributed by atoms with Crippen LogP contribution in [0, 0.1) is 11.3 Å². The van der Waals surface area contributed by atoms with Crippen molar-refractivity contribution in [2.75, 3.05) is 5.73 Å². The number of carbonyl (C=O) groups excluding carboxylic acids is 1. The van der Waals surface area contributed by atoms with Crippen LogP contribution in [0.5, 0.6) is 0 Å². The number of hydrogen-bond donors (Lipinski definition) is 3. The number of primary amides is 1. The standard InChI is InChI=1S/C12H18N4O.C6H12O/c1-12(2,7-3-4-7)5-9-8(10(13)17)6-15-11(14)16-9;7-6-4-2-1-3-5-6/h6-7H,3-5H2,1-2H3,(H2,13,17)(H2,14,15,16);6-7H,1-5H2. The lowest BCUT2D eigenvalue weighted by Gasteiger charge is -2.24. The SMILES string of the molecule is CC(C)(Cc1nc(N)ncc1C(N)=O)C1CC1.OC1CCCCC1. The predicted molar refractivity (Wildman–Crippen MR) is 94.3 cm³/mol. The molecule has 24 heavy (non-hydrogen) atoms. The third-order valence-corrected chi connectivity index (χ3v) is 5.03. The number of hydrogen-bond acceptors (Lipinski definition) is 5. The van der Waals surface area contributed by atoms with Gasteiger partial charge in [-0.25, -0.2) is 9.97 Å². The van der Waals surface area contributed by atoms with Crippen LogP contribution in [0.25, 0.3) is 0 Å². The lowest BCUT2D eigenvalue weighted by molar-refractivity contribution is 0.0998. The Morgan fingerprint density at radius 3 is 2.33 bits per heavy atom. The van der Waals surface area contributed by atoms with Crippen molar-refractivity contribution in [3.8, 4) is 0 Å². The number of aliphatic hydroxyl groups is 1. The van der Waals surface area contributed by atoms with Crippen LogP contribution in [0.15, 0.2) is 6.20 Å². The fourth-order valence-electron chi connectivity index (χ4n) is 3.29. The third-order valence-electron chi connectivity index (χ3n) is 5.03. The highest BCUT2D eigenvalue weighted by Gasteiger charge is 2.38. The Morgan fingerprint density at radius 1 is 1.25 bits per heavy atom. The van der Waals surface area contributed by atoms with E-state index in [1.807, 2.05) is 0 Å². The Kier molecular flexibility index (Phi) is 6.15. The normalized spacial score (nSPS) is 18.6. The Bertz CT molecular complexity index is 564. The quantitative estimate of drug-likeness (QED) is 0.782. The Labute approximate surface area is 144 Å². The van der Waals surface area contributed by atoms with Crippen LogP contribution in [0.2, 0.25) is 0 Å². The second-order valence-corrected chi connectivity index (χ2v) is 7.68. The van der Waals surface area contributed by atoms with Crippen LogP contribution in [0.4, 0.5) is 5.95 Å². The van der Waals surface area contributed by atoms with E-state index in [4.69, 9.17) is 16.6 Å². The first-order chi connectivity index (χ1) is 11.3. The number of rotatable bonds is 4. The molecule has 2 aliphatic carbocycles. The molecule has 134 valence electrons. The predicted octanol–water partition coefficient (Wildman–Crippen LogP) is 2.45. The summed E-state index contributed by atoms with van der Waals surface area (Å²) in [6, 6.07) is 0. The highest BCUT2D eigenvalue weighted by Crippen LogP contribution is 2.47. The smallest absolute Gasteiger partial charge is 0.252 e. The number of aliphatic hydroxyl groups excluding tert-OH is 1. The molecule has 1 aromatic rings. The molecule has 0 radical (unpaired) electrons. The van der Waals surface area contributed by atoms with Crippen LogP contribution in [-0.2, 0) is 6.42 Å². The summed E-state index contributed by atoms with van der Waals surface area (Å²) in [5.74, 6) is 0.405. The average Bonchev–Trinajstić information content (AvgIpc) is 3.33. The van der Waals surface area contributed by atoms with Gasteiger partial charge in [-0.3, -0.25) is 4.79 Å². The second kappa shape index (κ2) is 7.92. The van der Waals surface area contributed by atoms with Gasteiger partial charge >= 0.3 is 0 Å². The van der Waals surface area contributed by atoms with E-state index in [1.54, 1.807) is 0 Å². The van der Waals surface area contributed by atoms with Crippen molar-refractivity contribution in [1.82, 2.24) is 9.97 Å². The topological polar surface area (TPSA) is 115 Å². The zero-order valence-electron chi connectivity index (χ0n) is 14.8. The van der Waals surface area contributed by atoms with Gasteiger partial charge in [0.1, 0.15) is 0 Å². The van der Waals surface area contributed by atoms with Crippen molar-refractivity contribution in [3.63, 3.8) is 0 Å². The van der Waals surface area contributed by atoms with Gasteiger partial charge in [0.25, 0.3) is 5.91 Å². The van der Waals surface area contributed by atoms with Gasteiger partial charge in [0.2, 0.25) is 5.95 Å². The maximum absolute atomic E-state index is 11.3. The molecule has 2 saturated carbocycles. The van der Waals surface area contributed by atoms with E-state index in [0.29, 0.717) is 23.6 Å². The number of carbonyl (C=O) groups is 1. The highest BCUT2D eigenvalue weighted by atomic mass is 16.3. The van der Waals surface area contributed by atoms with Gasteiger partial charge in [0, 0.05) is 6.20 Å². The van der Waals surface area contributed by atoms with E-state index in [2.05, 4.69) is 23.8 Å². The summed E-state index contributed by atoms with van der Waals surface area (Å²) < 4.78 is 0. The van der Waals surface area contributed by atoms with Gasteiger partial charge in [-0.15, -0.1) is 0 Å². The third kappa shape index (κ3) is 5.44. The first kappa shape index (κ1) is 18.6. The molecule has 6 heteroatoms. The summed E-state index contributed by atoms with van der Waals surface area (Å²) in [6.45, 7) is 4.38. The number of nitrogen functional groups attached to an aromatic ring is 1. The van der Waals surface area contributed by atoms with Gasteiger partial charge in [0.15, 0.2) is 0 Å². The van der Waals surface area contributed by atoms with Crippen LogP contribution in [0.3, 0.4) is 0 Å². The molecule has 1 heterocycles. The average molecular weight is 334 g/mol. The van der Waals surface area contributed by atoms with Crippen LogP contribution in [-0.4, -0.2) is 27.1 Å². The number of amides is 1. The maximum Gasteiger partial charge on any atom is 0.252 e. The number of anilines is 1. The molecular weight excluding hydrogens is 304 g/mol. The summed E-state index contributed by atoms with van der Waals surface area (Å²) in [4.78, 5) is 19.3. The van der Waals surface area contributed by atoms with Gasteiger partial charge in [-0.1, -0.05) is 33.1 Å². The van der Waals surface area contributed by atoms with Crippen LogP contribution >= 0.6 is 0 Å². The van der Waals surface area contributed by atoms with Crippen LogP contribution < -0.4 is 11.5 Å². The molecule has 1 amide bonds. The minimum Gasteiger partial charge on any atom is -0.393 e. The minimum absolute atomic E-state index is 0.0359. The lowest BCUT2D eigenvalue weighted by atomic mass is 9.82. The summed E-state index contributed by atoms with van der Waals surface area (Å²) >= 11 is 0. The van der Waals surface area contributed by atoms with E-state index in [-0.39, 0.29) is 17.5 Å². The lowest BCUT2D eigenvalue weighted by Crippen LogP contribution is -2.23. The van der Waals surface area contributed by atoms with Gasteiger partial charge in [0.05, 0.1) is 17.4 Å². The fourth-order valence-corrected chi connectivity index (χ4v) is 3.29. The molecule has 0 spiro atoms. The summed E-state index contributed by atoms with van der Waals surface area (Å²) in [7, 11) is 0. The van der Waals surface area contributed by atoms with Crippen molar-refractivity contribution in [1.29, 1.82) is 0 Å². The molecule has 2 aliphatic rings. The second-order valence-electron chi connectivity index (χ2n) is 7.68. The molecule has 1 aromatic heterocycles. The highest BCUT2D eigenvalue weighted by molar-refractivity contribution is 5.93. The van der Waals surface area contributed by atoms with E-state index < -0.39 is 5.91 Å². The van der Waals surface area contributed by atoms with E-state index >= 15 is 0 Å². The number of nitrogens with two attached hydrogens (primary N) is 2.